The lowest BCUT2D eigenvalue weighted by atomic mass is 10.2. The maximum absolute atomic E-state index is 12.3. The molecular weight excluding hydrogens is 434 g/mol. The van der Waals surface area contributed by atoms with E-state index in [4.69, 9.17) is 20.1 Å². The predicted octanol–water partition coefficient (Wildman–Crippen LogP) is 2.19. The number of amides is 1. The maximum Gasteiger partial charge on any atom is 0.264 e. The molecule has 0 aliphatic rings. The normalized spacial score (nSPS) is 10.7. The molecule has 0 radical (unpaired) electrons. The van der Waals surface area contributed by atoms with Crippen molar-refractivity contribution >= 4 is 35.5 Å². The van der Waals surface area contributed by atoms with E-state index in [2.05, 4.69) is 26.0 Å². The molecule has 0 aliphatic heterocycles. The standard InChI is InChI=1S/C20H23N7O4S/c1-29-15-6-4-13(5-7-15)11-22-24-19-25-26-20(27(19)21)32-12-18(28)23-14-8-16(30-2)10-17(9-14)31-3/h4-11H,12,21H2,1-3H3,(H,23,28)(H,24,25)/b22-11+. The quantitative estimate of drug-likeness (QED) is 0.181. The van der Waals surface area contributed by atoms with Crippen molar-refractivity contribution in [2.75, 3.05) is 43.7 Å². The van der Waals surface area contributed by atoms with Gasteiger partial charge >= 0.3 is 0 Å². The second kappa shape index (κ2) is 10.9. The minimum absolute atomic E-state index is 0.0734. The van der Waals surface area contributed by atoms with Gasteiger partial charge in [0.1, 0.15) is 17.2 Å². The first kappa shape index (κ1) is 22.7. The van der Waals surface area contributed by atoms with Gasteiger partial charge in [0.15, 0.2) is 0 Å². The molecule has 1 aromatic heterocycles. The summed E-state index contributed by atoms with van der Waals surface area (Å²) in [6, 6.07) is 12.5. The molecule has 0 saturated heterocycles. The van der Waals surface area contributed by atoms with E-state index in [0.717, 1.165) is 23.1 Å². The number of carbonyl (C=O) groups is 1. The minimum atomic E-state index is -0.250. The molecule has 11 nitrogen and oxygen atoms in total. The number of carbonyl (C=O) groups excluding carboxylic acids is 1. The SMILES string of the molecule is COc1ccc(/C=N/Nc2nnc(SCC(=O)Nc3cc(OC)cc(OC)c3)n2N)cc1. The molecule has 4 N–H and O–H groups in total. The van der Waals surface area contributed by atoms with E-state index in [0.29, 0.717) is 22.3 Å². The number of nitrogen functional groups attached to an aromatic ring is 1. The average Bonchev–Trinajstić information content (AvgIpc) is 3.17. The molecule has 0 aliphatic carbocycles. The Hall–Kier alpha value is -3.93. The molecular formula is C20H23N7O4S. The number of hydrazone groups is 1. The van der Waals surface area contributed by atoms with Crippen molar-refractivity contribution in [3.05, 3.63) is 48.0 Å². The molecule has 3 rings (SSSR count). The van der Waals surface area contributed by atoms with Gasteiger partial charge in [-0.2, -0.15) is 5.10 Å². The van der Waals surface area contributed by atoms with E-state index in [1.807, 2.05) is 24.3 Å². The Bertz CT molecular complexity index is 1060. The summed E-state index contributed by atoms with van der Waals surface area (Å²) in [6.07, 6.45) is 1.61. The topological polar surface area (TPSA) is 138 Å². The Morgan fingerprint density at radius 2 is 1.72 bits per heavy atom. The molecule has 0 fully saturated rings. The number of rotatable bonds is 10. The van der Waals surface area contributed by atoms with E-state index < -0.39 is 0 Å². The molecule has 0 atom stereocenters. The Morgan fingerprint density at radius 1 is 1.06 bits per heavy atom. The fourth-order valence-electron chi connectivity index (χ4n) is 2.51. The van der Waals surface area contributed by atoms with Gasteiger partial charge in [-0.3, -0.25) is 4.79 Å². The summed E-state index contributed by atoms with van der Waals surface area (Å²) >= 11 is 1.13. The molecule has 0 spiro atoms. The monoisotopic (exact) mass is 457 g/mol. The van der Waals surface area contributed by atoms with Crippen LogP contribution in [0.2, 0.25) is 0 Å². The van der Waals surface area contributed by atoms with Crippen LogP contribution < -0.4 is 30.8 Å². The summed E-state index contributed by atoms with van der Waals surface area (Å²) in [7, 11) is 4.68. The second-order valence-corrected chi connectivity index (χ2v) is 7.20. The van der Waals surface area contributed by atoms with Gasteiger partial charge in [0, 0.05) is 23.9 Å². The highest BCUT2D eigenvalue weighted by molar-refractivity contribution is 7.99. The van der Waals surface area contributed by atoms with Gasteiger partial charge in [0.05, 0.1) is 33.3 Å². The Morgan fingerprint density at radius 3 is 2.34 bits per heavy atom. The summed E-state index contributed by atoms with van der Waals surface area (Å²) < 4.78 is 16.7. The maximum atomic E-state index is 12.3. The number of methoxy groups -OCH3 is 3. The molecule has 0 saturated carbocycles. The van der Waals surface area contributed by atoms with E-state index in [-0.39, 0.29) is 17.6 Å². The Labute approximate surface area is 188 Å². The third-order valence-corrected chi connectivity index (χ3v) is 5.07. The third kappa shape index (κ3) is 6.04. The van der Waals surface area contributed by atoms with Crippen LogP contribution in [0.4, 0.5) is 11.6 Å². The Kier molecular flexibility index (Phi) is 7.75. The van der Waals surface area contributed by atoms with Crippen molar-refractivity contribution < 1.29 is 19.0 Å². The van der Waals surface area contributed by atoms with Crippen molar-refractivity contribution in [2.24, 2.45) is 5.10 Å². The van der Waals surface area contributed by atoms with Crippen LogP contribution in [0.1, 0.15) is 5.56 Å². The van der Waals surface area contributed by atoms with E-state index in [9.17, 15) is 4.79 Å². The number of ether oxygens (including phenoxy) is 3. The molecule has 0 bridgehead atoms. The number of hydrogen-bond donors (Lipinski definition) is 3. The van der Waals surface area contributed by atoms with E-state index >= 15 is 0 Å². The zero-order valence-corrected chi connectivity index (χ0v) is 18.5. The number of nitrogens with zero attached hydrogens (tertiary/aromatic N) is 4. The second-order valence-electron chi connectivity index (χ2n) is 6.26. The minimum Gasteiger partial charge on any atom is -0.497 e. The molecule has 1 heterocycles. The lowest BCUT2D eigenvalue weighted by Crippen LogP contribution is -2.17. The van der Waals surface area contributed by atoms with E-state index in [1.54, 1.807) is 31.5 Å². The number of aromatic nitrogens is 3. The number of hydrogen-bond acceptors (Lipinski definition) is 10. The summed E-state index contributed by atoms with van der Waals surface area (Å²) in [5.41, 5.74) is 4.14. The molecule has 32 heavy (non-hydrogen) atoms. The average molecular weight is 458 g/mol. The van der Waals surface area contributed by atoms with Gasteiger partial charge in [-0.1, -0.05) is 11.8 Å². The van der Waals surface area contributed by atoms with Crippen LogP contribution in [0.5, 0.6) is 17.2 Å². The van der Waals surface area contributed by atoms with Crippen molar-refractivity contribution in [1.82, 2.24) is 14.9 Å². The molecule has 168 valence electrons. The first-order valence-electron chi connectivity index (χ1n) is 9.31. The van der Waals surface area contributed by atoms with Gasteiger partial charge in [0.25, 0.3) is 5.95 Å². The number of benzene rings is 2. The first-order valence-corrected chi connectivity index (χ1v) is 10.3. The van der Waals surface area contributed by atoms with Gasteiger partial charge < -0.3 is 25.4 Å². The van der Waals surface area contributed by atoms with Crippen LogP contribution in [0.15, 0.2) is 52.7 Å². The van der Waals surface area contributed by atoms with Gasteiger partial charge in [-0.15, -0.1) is 10.2 Å². The van der Waals surface area contributed by atoms with E-state index in [1.165, 1.54) is 18.9 Å². The summed E-state index contributed by atoms with van der Waals surface area (Å²) in [6.45, 7) is 0. The van der Waals surface area contributed by atoms with Crippen LogP contribution in [0, 0.1) is 0 Å². The fraction of sp³-hybridized carbons (Fsp3) is 0.200. The molecule has 0 unspecified atom stereocenters. The molecule has 1 amide bonds. The summed E-state index contributed by atoms with van der Waals surface area (Å²) in [5, 5.41) is 15.1. The molecule has 2 aromatic carbocycles. The predicted molar refractivity (Wildman–Crippen MR) is 123 cm³/mol. The van der Waals surface area contributed by atoms with Crippen molar-refractivity contribution in [1.29, 1.82) is 0 Å². The van der Waals surface area contributed by atoms with Crippen LogP contribution in [-0.2, 0) is 4.79 Å². The highest BCUT2D eigenvalue weighted by Gasteiger charge is 2.13. The number of nitrogens with one attached hydrogen (secondary N) is 2. The third-order valence-electron chi connectivity index (χ3n) is 4.13. The van der Waals surface area contributed by atoms with Crippen molar-refractivity contribution in [2.45, 2.75) is 5.16 Å². The lowest BCUT2D eigenvalue weighted by Gasteiger charge is -2.09. The zero-order chi connectivity index (χ0) is 22.9. The van der Waals surface area contributed by atoms with Gasteiger partial charge in [0.2, 0.25) is 11.1 Å². The number of anilines is 2. The van der Waals surface area contributed by atoms with Crippen LogP contribution in [0.3, 0.4) is 0 Å². The number of nitrogens with two attached hydrogens (primary N) is 1. The largest absolute Gasteiger partial charge is 0.497 e. The van der Waals surface area contributed by atoms with Crippen LogP contribution >= 0.6 is 11.8 Å². The first-order chi connectivity index (χ1) is 15.5. The smallest absolute Gasteiger partial charge is 0.264 e. The molecule has 3 aromatic rings. The highest BCUT2D eigenvalue weighted by Crippen LogP contribution is 2.26. The Balaban J connectivity index is 1.54. The molecule has 12 heteroatoms. The van der Waals surface area contributed by atoms with Crippen LogP contribution in [0.25, 0.3) is 0 Å². The van der Waals surface area contributed by atoms with Crippen molar-refractivity contribution in [3.8, 4) is 17.2 Å². The van der Waals surface area contributed by atoms with Gasteiger partial charge in [-0.25, -0.2) is 10.1 Å². The number of thioether (sulfide) groups is 1. The summed E-state index contributed by atoms with van der Waals surface area (Å²) in [5.74, 6) is 7.94. The van der Waals surface area contributed by atoms with Crippen LogP contribution in [-0.4, -0.2) is 54.1 Å². The lowest BCUT2D eigenvalue weighted by molar-refractivity contribution is -0.113. The zero-order valence-electron chi connectivity index (χ0n) is 17.7. The fourth-order valence-corrected chi connectivity index (χ4v) is 3.17. The van der Waals surface area contributed by atoms with Gasteiger partial charge in [-0.05, 0) is 29.8 Å². The summed E-state index contributed by atoms with van der Waals surface area (Å²) in [4.78, 5) is 12.3. The highest BCUT2D eigenvalue weighted by atomic mass is 32.2. The van der Waals surface area contributed by atoms with Crippen molar-refractivity contribution in [3.63, 3.8) is 0 Å².